The number of para-hydroxylation sites is 3. The highest BCUT2D eigenvalue weighted by Crippen LogP contribution is 2.43. The Bertz CT molecular complexity index is 4240. The van der Waals surface area contributed by atoms with E-state index in [1.165, 1.54) is 21.5 Å². The Morgan fingerprint density at radius 2 is 0.954 bits per heavy atom. The molecule has 0 aliphatic rings. The third-order valence-corrected chi connectivity index (χ3v) is 13.0. The van der Waals surface area contributed by atoms with Gasteiger partial charge in [-0.2, -0.15) is 0 Å². The highest BCUT2D eigenvalue weighted by Gasteiger charge is 2.22. The van der Waals surface area contributed by atoms with Crippen molar-refractivity contribution in [2.75, 3.05) is 0 Å². The molecule has 0 radical (unpaired) electrons. The summed E-state index contributed by atoms with van der Waals surface area (Å²) in [5.74, 6) is 1.63. The third kappa shape index (κ3) is 5.51. The first kappa shape index (κ1) is 35.7. The fourth-order valence-corrected chi connectivity index (χ4v) is 9.98. The van der Waals surface area contributed by atoms with E-state index in [-0.39, 0.29) is 0 Å². The Kier molecular flexibility index (Phi) is 7.59. The van der Waals surface area contributed by atoms with Crippen LogP contribution in [0, 0.1) is 0 Å². The number of rotatable bonds is 5. The number of hydrogen-bond acceptors (Lipinski definition) is 5. The molecule has 6 heteroatoms. The summed E-state index contributed by atoms with van der Waals surface area (Å²) in [4.78, 5) is 15.5. The zero-order valence-electron chi connectivity index (χ0n) is 34.7. The van der Waals surface area contributed by atoms with Crippen molar-refractivity contribution in [3.8, 4) is 51.0 Å². The second kappa shape index (κ2) is 13.8. The van der Waals surface area contributed by atoms with Crippen molar-refractivity contribution in [2.24, 2.45) is 0 Å². The summed E-state index contributed by atoms with van der Waals surface area (Å²) in [5, 5.41) is 11.3. The monoisotopic (exact) mass is 830 g/mol. The van der Waals surface area contributed by atoms with Crippen LogP contribution in [0.15, 0.2) is 215 Å². The third-order valence-electron chi connectivity index (χ3n) is 13.0. The molecule has 0 saturated heterocycles. The van der Waals surface area contributed by atoms with Crippen LogP contribution in [0.2, 0.25) is 0 Å². The van der Waals surface area contributed by atoms with Crippen LogP contribution in [0.25, 0.3) is 138 Å². The van der Waals surface area contributed by atoms with Crippen molar-refractivity contribution in [1.29, 1.82) is 0 Å². The van der Waals surface area contributed by atoms with E-state index < -0.39 is 0 Å². The van der Waals surface area contributed by atoms with Gasteiger partial charge in [-0.3, -0.25) is 0 Å². The van der Waals surface area contributed by atoms with Crippen LogP contribution >= 0.6 is 0 Å². The van der Waals surface area contributed by atoms with Gasteiger partial charge in [0.05, 0.1) is 22.3 Å². The summed E-state index contributed by atoms with van der Waals surface area (Å²) in [5.41, 5.74) is 11.3. The fourth-order valence-electron chi connectivity index (χ4n) is 9.98. The van der Waals surface area contributed by atoms with E-state index in [1.807, 2.05) is 36.4 Å². The lowest BCUT2D eigenvalue weighted by molar-refractivity contribution is 0.668. The predicted molar refractivity (Wildman–Crippen MR) is 265 cm³/mol. The van der Waals surface area contributed by atoms with Crippen molar-refractivity contribution >= 4 is 87.2 Å². The first-order valence-corrected chi connectivity index (χ1v) is 21.8. The maximum atomic E-state index is 6.93. The molecule has 302 valence electrons. The molecule has 14 rings (SSSR count). The van der Waals surface area contributed by atoms with Gasteiger partial charge in [0.25, 0.3) is 0 Å². The van der Waals surface area contributed by atoms with E-state index in [0.717, 1.165) is 99.2 Å². The fraction of sp³-hybridized carbons (Fsp3) is 0. The zero-order chi connectivity index (χ0) is 42.6. The van der Waals surface area contributed by atoms with Crippen LogP contribution in [0.5, 0.6) is 0 Å². The average Bonchev–Trinajstić information content (AvgIpc) is 4.04. The summed E-state index contributed by atoms with van der Waals surface area (Å²) in [6, 6.07) is 72.1. The number of nitrogens with zero attached hydrogens (tertiary/aromatic N) is 4. The summed E-state index contributed by atoms with van der Waals surface area (Å²) in [6.07, 6.45) is 0. The number of benzene rings is 10. The van der Waals surface area contributed by atoms with E-state index in [9.17, 15) is 0 Å². The molecule has 10 aromatic carbocycles. The van der Waals surface area contributed by atoms with E-state index in [0.29, 0.717) is 17.5 Å². The van der Waals surface area contributed by atoms with Gasteiger partial charge < -0.3 is 13.4 Å². The summed E-state index contributed by atoms with van der Waals surface area (Å²) in [6.45, 7) is 0. The minimum Gasteiger partial charge on any atom is -0.456 e. The van der Waals surface area contributed by atoms with E-state index in [1.54, 1.807) is 0 Å². The van der Waals surface area contributed by atoms with Crippen LogP contribution in [-0.4, -0.2) is 19.5 Å². The second-order valence-electron chi connectivity index (χ2n) is 16.7. The molecule has 0 bridgehead atoms. The molecule has 0 aliphatic carbocycles. The Hall–Kier alpha value is -8.87. The van der Waals surface area contributed by atoms with Gasteiger partial charge >= 0.3 is 0 Å². The SMILES string of the molecule is c1ccc(-c2ccc(-c3nc(-c4ccc5c(c4)oc4cc(-n6c7ccccc7c7cc8ccccc8cc76)c6ccccc6c45)nc(-c4cccc5c4oc4ccccc45)n3)cc2)cc1. The molecule has 4 heterocycles. The van der Waals surface area contributed by atoms with Crippen molar-refractivity contribution in [2.45, 2.75) is 0 Å². The van der Waals surface area contributed by atoms with Crippen LogP contribution in [0.4, 0.5) is 0 Å². The number of hydrogen-bond donors (Lipinski definition) is 0. The van der Waals surface area contributed by atoms with Crippen LogP contribution in [0.1, 0.15) is 0 Å². The number of aromatic nitrogens is 4. The maximum absolute atomic E-state index is 6.93. The maximum Gasteiger partial charge on any atom is 0.167 e. The molecule has 65 heavy (non-hydrogen) atoms. The number of fused-ring (bicyclic) bond motifs is 12. The van der Waals surface area contributed by atoms with Gasteiger partial charge in [0, 0.05) is 54.9 Å². The summed E-state index contributed by atoms with van der Waals surface area (Å²) < 4.78 is 15.8. The molecule has 14 aromatic rings. The van der Waals surface area contributed by atoms with Crippen LogP contribution < -0.4 is 0 Å². The average molecular weight is 831 g/mol. The molecule has 0 spiro atoms. The molecular weight excluding hydrogens is 797 g/mol. The molecule has 0 aliphatic heterocycles. The van der Waals surface area contributed by atoms with Gasteiger partial charge in [-0.1, -0.05) is 158 Å². The molecule has 0 unspecified atom stereocenters. The molecule has 4 aromatic heterocycles. The molecule has 0 N–H and O–H groups in total. The lowest BCUT2D eigenvalue weighted by atomic mass is 10.0. The standard InChI is InChI=1S/C59H34N4O2/c1-2-13-35(14-3-1)36-25-27-37(28-26-36)57-60-58(62-59(61-57)47-22-12-21-45-43-19-9-11-24-52(43)65-56(45)47)40-29-30-46-53(33-40)64-54-34-51(41-17-6-7-20-44(41)55(46)54)63-49-23-10-8-18-42(49)48-31-38-15-4-5-16-39(38)32-50(48)63/h1-34H. The summed E-state index contributed by atoms with van der Waals surface area (Å²) >= 11 is 0. The Labute approximate surface area is 371 Å². The van der Waals surface area contributed by atoms with Gasteiger partial charge in [0.15, 0.2) is 17.5 Å². The molecule has 0 amide bonds. The molecular formula is C59H34N4O2. The van der Waals surface area contributed by atoms with Gasteiger partial charge in [-0.05, 0) is 69.8 Å². The van der Waals surface area contributed by atoms with Gasteiger partial charge in [0.2, 0.25) is 0 Å². The van der Waals surface area contributed by atoms with Crippen molar-refractivity contribution in [3.63, 3.8) is 0 Å². The quantitative estimate of drug-likeness (QED) is 0.173. The Morgan fingerprint density at radius 3 is 1.80 bits per heavy atom. The normalized spacial score (nSPS) is 12.0. The first-order chi connectivity index (χ1) is 32.2. The van der Waals surface area contributed by atoms with Crippen molar-refractivity contribution in [1.82, 2.24) is 19.5 Å². The largest absolute Gasteiger partial charge is 0.456 e. The van der Waals surface area contributed by atoms with Gasteiger partial charge in [-0.25, -0.2) is 15.0 Å². The predicted octanol–water partition coefficient (Wildman–Crippen LogP) is 15.7. The molecule has 6 nitrogen and oxygen atoms in total. The topological polar surface area (TPSA) is 69.9 Å². The zero-order valence-corrected chi connectivity index (χ0v) is 34.7. The van der Waals surface area contributed by atoms with Crippen LogP contribution in [-0.2, 0) is 0 Å². The minimum atomic E-state index is 0.529. The second-order valence-corrected chi connectivity index (χ2v) is 16.7. The highest BCUT2D eigenvalue weighted by atomic mass is 16.3. The lowest BCUT2D eigenvalue weighted by Gasteiger charge is -2.13. The van der Waals surface area contributed by atoms with Gasteiger partial charge in [-0.15, -0.1) is 0 Å². The van der Waals surface area contributed by atoms with Crippen molar-refractivity contribution < 1.29 is 8.83 Å². The van der Waals surface area contributed by atoms with E-state index in [2.05, 4.69) is 174 Å². The first-order valence-electron chi connectivity index (χ1n) is 21.8. The van der Waals surface area contributed by atoms with Crippen LogP contribution in [0.3, 0.4) is 0 Å². The summed E-state index contributed by atoms with van der Waals surface area (Å²) in [7, 11) is 0. The Balaban J connectivity index is 0.967. The van der Waals surface area contributed by atoms with Crippen molar-refractivity contribution in [3.05, 3.63) is 206 Å². The lowest BCUT2D eigenvalue weighted by Crippen LogP contribution is -2.00. The minimum absolute atomic E-state index is 0.529. The number of furan rings is 2. The molecule has 0 atom stereocenters. The highest BCUT2D eigenvalue weighted by molar-refractivity contribution is 6.22. The Morgan fingerprint density at radius 1 is 0.323 bits per heavy atom. The van der Waals surface area contributed by atoms with E-state index in [4.69, 9.17) is 23.8 Å². The van der Waals surface area contributed by atoms with Gasteiger partial charge in [0.1, 0.15) is 22.3 Å². The molecule has 0 fully saturated rings. The molecule has 0 saturated carbocycles. The van der Waals surface area contributed by atoms with E-state index >= 15 is 0 Å². The smallest absolute Gasteiger partial charge is 0.167 e.